The number of carbonyl (C=O) groups is 1. The first-order valence-electron chi connectivity index (χ1n) is 7.07. The van der Waals surface area contributed by atoms with Crippen molar-refractivity contribution in [2.45, 2.75) is 44.1 Å². The summed E-state index contributed by atoms with van der Waals surface area (Å²) in [6.07, 6.45) is 6.57. The van der Waals surface area contributed by atoms with Crippen LogP contribution in [0.2, 0.25) is 0 Å². The summed E-state index contributed by atoms with van der Waals surface area (Å²) in [4.78, 5) is 26.1. The summed E-state index contributed by atoms with van der Waals surface area (Å²) in [5, 5.41) is 15.0. The van der Waals surface area contributed by atoms with Gasteiger partial charge in [0.25, 0.3) is 5.91 Å². The highest BCUT2D eigenvalue weighted by atomic mass is 16.4. The molecule has 0 atom stereocenters. The standard InChI is InChI=1S/C14H20N4O3/c15-13(18-21)14(6-3-1-2-4-7-14)17-12(20)10-5-8-16-11(19)9-10/h5,8-9,21H,1-4,6-7H2,(H2,15,18)(H,16,19)(H,17,20). The summed E-state index contributed by atoms with van der Waals surface area (Å²) in [5.41, 5.74) is 4.90. The molecule has 1 aliphatic rings. The van der Waals surface area contributed by atoms with Crippen LogP contribution in [0, 0.1) is 0 Å². The van der Waals surface area contributed by atoms with Crippen LogP contribution in [0.25, 0.3) is 0 Å². The second-order valence-electron chi connectivity index (χ2n) is 5.38. The highest BCUT2D eigenvalue weighted by molar-refractivity contribution is 6.00. The van der Waals surface area contributed by atoms with Gasteiger partial charge in [-0.25, -0.2) is 0 Å². The second kappa shape index (κ2) is 6.43. The predicted molar refractivity (Wildman–Crippen MR) is 78.4 cm³/mol. The van der Waals surface area contributed by atoms with Gasteiger partial charge in [-0.1, -0.05) is 30.8 Å². The fraction of sp³-hybridized carbons (Fsp3) is 0.500. The lowest BCUT2D eigenvalue weighted by molar-refractivity contribution is 0.0915. The molecular weight excluding hydrogens is 272 g/mol. The van der Waals surface area contributed by atoms with Crippen LogP contribution in [0.15, 0.2) is 28.3 Å². The van der Waals surface area contributed by atoms with E-state index < -0.39 is 11.4 Å². The van der Waals surface area contributed by atoms with Gasteiger partial charge in [-0.05, 0) is 18.9 Å². The van der Waals surface area contributed by atoms with Crippen LogP contribution < -0.4 is 16.6 Å². The van der Waals surface area contributed by atoms with E-state index in [1.54, 1.807) is 0 Å². The maximum absolute atomic E-state index is 12.3. The normalized spacial score (nSPS) is 18.8. The largest absolute Gasteiger partial charge is 0.409 e. The maximum atomic E-state index is 12.3. The van der Waals surface area contributed by atoms with E-state index in [1.165, 1.54) is 18.3 Å². The van der Waals surface area contributed by atoms with Gasteiger partial charge in [0.15, 0.2) is 5.84 Å². The number of nitrogens with zero attached hydrogens (tertiary/aromatic N) is 1. The molecule has 1 heterocycles. The van der Waals surface area contributed by atoms with E-state index in [-0.39, 0.29) is 17.0 Å². The Balaban J connectivity index is 2.26. The highest BCUT2D eigenvalue weighted by Gasteiger charge is 2.37. The Hall–Kier alpha value is -2.31. The zero-order valence-corrected chi connectivity index (χ0v) is 11.8. The molecule has 0 saturated heterocycles. The number of amides is 1. The first-order valence-corrected chi connectivity index (χ1v) is 7.07. The van der Waals surface area contributed by atoms with Crippen LogP contribution in [-0.4, -0.2) is 27.5 Å². The van der Waals surface area contributed by atoms with Crippen LogP contribution in [-0.2, 0) is 0 Å². The molecular formula is C14H20N4O3. The zero-order chi connectivity index (χ0) is 15.3. The Labute approximate surface area is 122 Å². The topological polar surface area (TPSA) is 121 Å². The van der Waals surface area contributed by atoms with Gasteiger partial charge in [0.1, 0.15) is 5.54 Å². The average Bonchev–Trinajstić information content (AvgIpc) is 2.73. The lowest BCUT2D eigenvalue weighted by Crippen LogP contribution is -2.57. The van der Waals surface area contributed by atoms with Crippen molar-refractivity contribution in [1.29, 1.82) is 0 Å². The third-order valence-corrected chi connectivity index (χ3v) is 3.95. The molecule has 7 nitrogen and oxygen atoms in total. The molecule has 2 rings (SSSR count). The molecule has 114 valence electrons. The molecule has 0 aromatic carbocycles. The number of carbonyl (C=O) groups excluding carboxylic acids is 1. The van der Waals surface area contributed by atoms with Crippen molar-refractivity contribution in [3.8, 4) is 0 Å². The molecule has 1 amide bonds. The van der Waals surface area contributed by atoms with E-state index in [9.17, 15) is 9.59 Å². The van der Waals surface area contributed by atoms with E-state index in [4.69, 9.17) is 10.9 Å². The Morgan fingerprint density at radius 2 is 2.00 bits per heavy atom. The third-order valence-electron chi connectivity index (χ3n) is 3.95. The van der Waals surface area contributed by atoms with E-state index in [0.717, 1.165) is 25.7 Å². The molecule has 7 heteroatoms. The molecule has 0 bridgehead atoms. The zero-order valence-electron chi connectivity index (χ0n) is 11.8. The van der Waals surface area contributed by atoms with Gasteiger partial charge in [0.05, 0.1) is 0 Å². The number of aromatic amines is 1. The van der Waals surface area contributed by atoms with Gasteiger partial charge in [0.2, 0.25) is 5.56 Å². The number of nitrogens with two attached hydrogens (primary N) is 1. The van der Waals surface area contributed by atoms with Crippen molar-refractivity contribution in [3.05, 3.63) is 34.2 Å². The van der Waals surface area contributed by atoms with Gasteiger partial charge in [-0.15, -0.1) is 0 Å². The summed E-state index contributed by atoms with van der Waals surface area (Å²) in [7, 11) is 0. The van der Waals surface area contributed by atoms with Crippen LogP contribution in [0.5, 0.6) is 0 Å². The SMILES string of the molecule is N/C(=N/O)C1(NC(=O)c2cc[nH]c(=O)c2)CCCCCC1. The highest BCUT2D eigenvalue weighted by Crippen LogP contribution is 2.27. The van der Waals surface area contributed by atoms with Gasteiger partial charge in [-0.3, -0.25) is 9.59 Å². The summed E-state index contributed by atoms with van der Waals surface area (Å²) >= 11 is 0. The number of hydrogen-bond acceptors (Lipinski definition) is 4. The molecule has 5 N–H and O–H groups in total. The van der Waals surface area contributed by atoms with Crippen LogP contribution >= 0.6 is 0 Å². The lowest BCUT2D eigenvalue weighted by atomic mass is 9.88. The number of aromatic nitrogens is 1. The van der Waals surface area contributed by atoms with Crippen molar-refractivity contribution in [1.82, 2.24) is 10.3 Å². The first kappa shape index (κ1) is 15.1. The lowest BCUT2D eigenvalue weighted by Gasteiger charge is -2.32. The van der Waals surface area contributed by atoms with Gasteiger partial charge < -0.3 is 21.2 Å². The summed E-state index contributed by atoms with van der Waals surface area (Å²) in [6.45, 7) is 0. The first-order chi connectivity index (χ1) is 10.1. The van der Waals surface area contributed by atoms with Gasteiger partial charge >= 0.3 is 0 Å². The summed E-state index contributed by atoms with van der Waals surface area (Å²) in [5.74, 6) is -0.378. The Bertz CT molecular complexity index is 586. The molecule has 0 unspecified atom stereocenters. The van der Waals surface area contributed by atoms with Crippen LogP contribution in [0.1, 0.15) is 48.9 Å². The molecule has 1 fully saturated rings. The minimum absolute atomic E-state index is 0.0163. The van der Waals surface area contributed by atoms with Crippen molar-refractivity contribution < 1.29 is 10.0 Å². The van der Waals surface area contributed by atoms with Crippen LogP contribution in [0.3, 0.4) is 0 Å². The molecule has 1 aliphatic carbocycles. The molecule has 0 aliphatic heterocycles. The fourth-order valence-corrected chi connectivity index (χ4v) is 2.75. The van der Waals surface area contributed by atoms with E-state index in [0.29, 0.717) is 12.8 Å². The maximum Gasteiger partial charge on any atom is 0.252 e. The smallest absolute Gasteiger partial charge is 0.252 e. The molecule has 1 saturated carbocycles. The molecule has 1 aromatic heterocycles. The van der Waals surface area contributed by atoms with Crippen molar-refractivity contribution in [2.75, 3.05) is 0 Å². The second-order valence-corrected chi connectivity index (χ2v) is 5.38. The third kappa shape index (κ3) is 3.42. The fourth-order valence-electron chi connectivity index (χ4n) is 2.75. The van der Waals surface area contributed by atoms with E-state index in [2.05, 4.69) is 15.5 Å². The Kier molecular flexibility index (Phi) is 4.62. The number of rotatable bonds is 3. The average molecular weight is 292 g/mol. The Morgan fingerprint density at radius 1 is 1.33 bits per heavy atom. The predicted octanol–water partition coefficient (Wildman–Crippen LogP) is 0.944. The monoisotopic (exact) mass is 292 g/mol. The van der Waals surface area contributed by atoms with E-state index in [1.807, 2.05) is 0 Å². The molecule has 1 aromatic rings. The number of pyridine rings is 1. The molecule has 0 radical (unpaired) electrons. The summed E-state index contributed by atoms with van der Waals surface area (Å²) < 4.78 is 0. The van der Waals surface area contributed by atoms with Crippen molar-refractivity contribution in [2.24, 2.45) is 10.9 Å². The van der Waals surface area contributed by atoms with E-state index >= 15 is 0 Å². The number of hydrogen-bond donors (Lipinski definition) is 4. The van der Waals surface area contributed by atoms with Crippen LogP contribution in [0.4, 0.5) is 0 Å². The number of nitrogens with one attached hydrogen (secondary N) is 2. The Morgan fingerprint density at radius 3 is 2.57 bits per heavy atom. The number of H-pyrrole nitrogens is 1. The number of amidine groups is 1. The minimum Gasteiger partial charge on any atom is -0.409 e. The van der Waals surface area contributed by atoms with Crippen molar-refractivity contribution >= 4 is 11.7 Å². The van der Waals surface area contributed by atoms with Gasteiger partial charge in [-0.2, -0.15) is 0 Å². The minimum atomic E-state index is -0.842. The quantitative estimate of drug-likeness (QED) is 0.218. The number of oxime groups is 1. The molecule has 21 heavy (non-hydrogen) atoms. The van der Waals surface area contributed by atoms with Crippen molar-refractivity contribution in [3.63, 3.8) is 0 Å². The summed E-state index contributed by atoms with van der Waals surface area (Å²) in [6, 6.07) is 2.75. The van der Waals surface area contributed by atoms with Gasteiger partial charge in [0, 0.05) is 17.8 Å². The molecule has 0 spiro atoms.